The zero-order valence-electron chi connectivity index (χ0n) is 11.9. The molecule has 102 valence electrons. The van der Waals surface area contributed by atoms with E-state index in [9.17, 15) is 0 Å². The Morgan fingerprint density at radius 1 is 1.26 bits per heavy atom. The highest BCUT2D eigenvalue weighted by molar-refractivity contribution is 5.18. The maximum Gasteiger partial charge on any atom is 0.109 e. The number of nitrogens with zero attached hydrogens (tertiary/aromatic N) is 3. The molecule has 0 spiro atoms. The number of rotatable bonds is 5. The first-order valence-electron chi connectivity index (χ1n) is 6.91. The Morgan fingerprint density at radius 2 is 2.05 bits per heavy atom. The van der Waals surface area contributed by atoms with Crippen LogP contribution >= 0.6 is 0 Å². The van der Waals surface area contributed by atoms with Crippen molar-refractivity contribution in [2.75, 3.05) is 0 Å². The molecule has 4 heteroatoms. The van der Waals surface area contributed by atoms with E-state index in [1.807, 2.05) is 29.8 Å². The summed E-state index contributed by atoms with van der Waals surface area (Å²) in [5.74, 6) is 0. The van der Waals surface area contributed by atoms with E-state index in [-0.39, 0.29) is 12.1 Å². The predicted octanol–water partition coefficient (Wildman–Crippen LogP) is 2.34. The van der Waals surface area contributed by atoms with Gasteiger partial charge in [-0.05, 0) is 38.0 Å². The van der Waals surface area contributed by atoms with Crippen molar-refractivity contribution in [3.8, 4) is 0 Å². The highest BCUT2D eigenvalue weighted by Gasteiger charge is 2.22. The molecule has 0 saturated heterocycles. The summed E-state index contributed by atoms with van der Waals surface area (Å²) in [6, 6.07) is 8.05. The average molecular weight is 258 g/mol. The number of nitrogens with two attached hydrogens (primary N) is 1. The summed E-state index contributed by atoms with van der Waals surface area (Å²) < 4.78 is 2.05. The summed E-state index contributed by atoms with van der Waals surface area (Å²) in [4.78, 5) is 4.45. The Bertz CT molecular complexity index is 516. The van der Waals surface area contributed by atoms with Crippen LogP contribution in [0.25, 0.3) is 0 Å². The first kappa shape index (κ1) is 13.7. The second-order valence-corrected chi connectivity index (χ2v) is 4.84. The molecule has 0 aliphatic rings. The molecule has 0 radical (unpaired) electrons. The van der Waals surface area contributed by atoms with Gasteiger partial charge in [-0.15, -0.1) is 0 Å². The van der Waals surface area contributed by atoms with Gasteiger partial charge in [0.15, 0.2) is 0 Å². The first-order chi connectivity index (χ1) is 9.17. The molecule has 0 saturated carbocycles. The molecule has 0 bridgehead atoms. The lowest BCUT2D eigenvalue weighted by molar-refractivity contribution is 0.429. The van der Waals surface area contributed by atoms with E-state index < -0.39 is 0 Å². The van der Waals surface area contributed by atoms with E-state index in [2.05, 4.69) is 24.9 Å². The molecule has 0 aromatic carbocycles. The van der Waals surface area contributed by atoms with E-state index in [1.165, 1.54) is 5.69 Å². The lowest BCUT2D eigenvalue weighted by Gasteiger charge is -2.22. The van der Waals surface area contributed by atoms with Crippen LogP contribution in [-0.4, -0.2) is 20.8 Å². The summed E-state index contributed by atoms with van der Waals surface area (Å²) >= 11 is 0. The SMILES string of the molecule is CCc1cc(CC)n(C(c2ccccn2)C(C)N)n1. The Labute approximate surface area is 114 Å². The number of hydrogen-bond donors (Lipinski definition) is 1. The van der Waals surface area contributed by atoms with Gasteiger partial charge in [0.2, 0.25) is 0 Å². The van der Waals surface area contributed by atoms with Gasteiger partial charge in [-0.1, -0.05) is 19.9 Å². The molecule has 19 heavy (non-hydrogen) atoms. The molecule has 2 aromatic rings. The van der Waals surface area contributed by atoms with Gasteiger partial charge in [0.25, 0.3) is 0 Å². The van der Waals surface area contributed by atoms with Crippen LogP contribution in [0.15, 0.2) is 30.5 Å². The fraction of sp³-hybridized carbons (Fsp3) is 0.467. The molecular formula is C15H22N4. The van der Waals surface area contributed by atoms with Gasteiger partial charge in [-0.25, -0.2) is 0 Å². The van der Waals surface area contributed by atoms with E-state index in [1.54, 1.807) is 6.20 Å². The van der Waals surface area contributed by atoms with Crippen molar-refractivity contribution < 1.29 is 0 Å². The van der Waals surface area contributed by atoms with Crippen LogP contribution in [-0.2, 0) is 12.8 Å². The Hall–Kier alpha value is -1.68. The topological polar surface area (TPSA) is 56.7 Å². The van der Waals surface area contributed by atoms with Crippen LogP contribution in [0.4, 0.5) is 0 Å². The number of hydrogen-bond acceptors (Lipinski definition) is 3. The molecule has 0 fully saturated rings. The van der Waals surface area contributed by atoms with Crippen molar-refractivity contribution >= 4 is 0 Å². The Balaban J connectivity index is 2.48. The van der Waals surface area contributed by atoms with E-state index in [0.29, 0.717) is 0 Å². The van der Waals surface area contributed by atoms with Gasteiger partial charge in [-0.2, -0.15) is 5.10 Å². The average Bonchev–Trinajstić information content (AvgIpc) is 2.83. The van der Waals surface area contributed by atoms with Gasteiger partial charge >= 0.3 is 0 Å². The third-order valence-corrected chi connectivity index (χ3v) is 3.34. The Kier molecular flexibility index (Phi) is 4.32. The summed E-state index contributed by atoms with van der Waals surface area (Å²) in [7, 11) is 0. The molecule has 2 heterocycles. The standard InChI is InChI=1S/C15H22N4/c1-4-12-10-13(5-2)19(18-12)15(11(3)16)14-8-6-7-9-17-14/h6-11,15H,4-5,16H2,1-3H3. The molecule has 4 nitrogen and oxygen atoms in total. The third kappa shape index (κ3) is 2.84. The molecule has 2 N–H and O–H groups in total. The number of aryl methyl sites for hydroxylation is 2. The minimum absolute atomic E-state index is 0.00329. The fourth-order valence-corrected chi connectivity index (χ4v) is 2.34. The minimum atomic E-state index is -0.0372. The maximum absolute atomic E-state index is 6.17. The van der Waals surface area contributed by atoms with Crippen LogP contribution in [0.3, 0.4) is 0 Å². The normalized spacial score (nSPS) is 14.3. The van der Waals surface area contributed by atoms with Crippen molar-refractivity contribution in [2.45, 2.75) is 45.7 Å². The fourth-order valence-electron chi connectivity index (χ4n) is 2.34. The van der Waals surface area contributed by atoms with Crippen molar-refractivity contribution in [1.29, 1.82) is 0 Å². The lowest BCUT2D eigenvalue weighted by atomic mass is 10.1. The molecule has 2 atom stereocenters. The van der Waals surface area contributed by atoms with Crippen molar-refractivity contribution in [1.82, 2.24) is 14.8 Å². The Morgan fingerprint density at radius 3 is 2.58 bits per heavy atom. The van der Waals surface area contributed by atoms with E-state index in [4.69, 9.17) is 10.8 Å². The van der Waals surface area contributed by atoms with Gasteiger partial charge in [0.05, 0.1) is 11.4 Å². The van der Waals surface area contributed by atoms with Crippen molar-refractivity contribution in [3.05, 3.63) is 47.5 Å². The second kappa shape index (κ2) is 5.97. The number of pyridine rings is 1. The van der Waals surface area contributed by atoms with Crippen LogP contribution in [0.5, 0.6) is 0 Å². The highest BCUT2D eigenvalue weighted by Crippen LogP contribution is 2.22. The predicted molar refractivity (Wildman–Crippen MR) is 77.0 cm³/mol. The van der Waals surface area contributed by atoms with Crippen LogP contribution < -0.4 is 5.73 Å². The largest absolute Gasteiger partial charge is 0.326 e. The molecule has 2 aromatic heterocycles. The number of aromatic nitrogens is 3. The molecule has 2 unspecified atom stereocenters. The maximum atomic E-state index is 6.17. The zero-order valence-corrected chi connectivity index (χ0v) is 11.9. The molecule has 0 aliphatic carbocycles. The monoisotopic (exact) mass is 258 g/mol. The van der Waals surface area contributed by atoms with Gasteiger partial charge in [-0.3, -0.25) is 9.67 Å². The van der Waals surface area contributed by atoms with Crippen molar-refractivity contribution in [2.24, 2.45) is 5.73 Å². The molecular weight excluding hydrogens is 236 g/mol. The minimum Gasteiger partial charge on any atom is -0.326 e. The molecule has 2 rings (SSSR count). The van der Waals surface area contributed by atoms with Gasteiger partial charge in [0.1, 0.15) is 6.04 Å². The summed E-state index contributed by atoms with van der Waals surface area (Å²) in [6.45, 7) is 6.27. The summed E-state index contributed by atoms with van der Waals surface area (Å²) in [5, 5.41) is 4.69. The van der Waals surface area contributed by atoms with Gasteiger partial charge in [0, 0.05) is 17.9 Å². The van der Waals surface area contributed by atoms with E-state index in [0.717, 1.165) is 24.2 Å². The highest BCUT2D eigenvalue weighted by atomic mass is 15.3. The zero-order chi connectivity index (χ0) is 13.8. The second-order valence-electron chi connectivity index (χ2n) is 4.84. The lowest BCUT2D eigenvalue weighted by Crippen LogP contribution is -2.32. The van der Waals surface area contributed by atoms with Crippen LogP contribution in [0.1, 0.15) is 43.9 Å². The van der Waals surface area contributed by atoms with E-state index >= 15 is 0 Å². The third-order valence-electron chi connectivity index (χ3n) is 3.34. The molecule has 0 aliphatic heterocycles. The van der Waals surface area contributed by atoms with Crippen LogP contribution in [0.2, 0.25) is 0 Å². The first-order valence-corrected chi connectivity index (χ1v) is 6.91. The molecule has 0 amide bonds. The summed E-state index contributed by atoms with van der Waals surface area (Å²) in [5.41, 5.74) is 9.47. The smallest absolute Gasteiger partial charge is 0.109 e. The quantitative estimate of drug-likeness (QED) is 0.895. The summed E-state index contributed by atoms with van der Waals surface area (Å²) in [6.07, 6.45) is 3.69. The van der Waals surface area contributed by atoms with Gasteiger partial charge < -0.3 is 5.73 Å². The van der Waals surface area contributed by atoms with Crippen molar-refractivity contribution in [3.63, 3.8) is 0 Å². The van der Waals surface area contributed by atoms with Crippen LogP contribution in [0, 0.1) is 0 Å².